The van der Waals surface area contributed by atoms with Crippen molar-refractivity contribution < 1.29 is 14.3 Å². The lowest BCUT2D eigenvalue weighted by Crippen LogP contribution is -2.47. The van der Waals surface area contributed by atoms with Crippen LogP contribution in [0.4, 0.5) is 0 Å². The number of pyridine rings is 2. The summed E-state index contributed by atoms with van der Waals surface area (Å²) in [5.74, 6) is 1.34. The second-order valence-corrected chi connectivity index (χ2v) is 8.51. The molecule has 0 spiro atoms. The summed E-state index contributed by atoms with van der Waals surface area (Å²) in [6.07, 6.45) is 8.27. The van der Waals surface area contributed by atoms with Crippen LogP contribution >= 0.6 is 0 Å². The van der Waals surface area contributed by atoms with Crippen molar-refractivity contribution in [3.8, 4) is 11.5 Å². The van der Waals surface area contributed by atoms with Crippen LogP contribution in [0.5, 0.6) is 11.5 Å². The number of benzene rings is 1. The van der Waals surface area contributed by atoms with Crippen LogP contribution in [0, 0.1) is 0 Å². The zero-order valence-corrected chi connectivity index (χ0v) is 18.6. The van der Waals surface area contributed by atoms with E-state index in [2.05, 4.69) is 20.9 Å². The van der Waals surface area contributed by atoms with Gasteiger partial charge in [-0.15, -0.1) is 0 Å². The highest BCUT2D eigenvalue weighted by Crippen LogP contribution is 2.33. The van der Waals surface area contributed by atoms with Crippen LogP contribution in [-0.2, 0) is 13.0 Å². The van der Waals surface area contributed by atoms with E-state index in [9.17, 15) is 4.79 Å². The molecule has 2 aliphatic rings. The number of rotatable bonds is 7. The van der Waals surface area contributed by atoms with Crippen molar-refractivity contribution >= 4 is 5.91 Å². The van der Waals surface area contributed by atoms with Gasteiger partial charge in [-0.25, -0.2) is 0 Å². The fourth-order valence-corrected chi connectivity index (χ4v) is 4.52. The maximum absolute atomic E-state index is 13.6. The Bertz CT molecular complexity index is 1070. The summed E-state index contributed by atoms with van der Waals surface area (Å²) in [4.78, 5) is 26.8. The maximum atomic E-state index is 13.6. The molecule has 2 aromatic heterocycles. The lowest BCUT2D eigenvalue weighted by atomic mass is 10.0. The van der Waals surface area contributed by atoms with E-state index in [1.54, 1.807) is 12.3 Å². The van der Waals surface area contributed by atoms with Crippen molar-refractivity contribution in [2.45, 2.75) is 31.8 Å². The van der Waals surface area contributed by atoms with Crippen molar-refractivity contribution in [3.63, 3.8) is 0 Å². The Kier molecular flexibility index (Phi) is 6.48. The maximum Gasteiger partial charge on any atom is 0.254 e. The number of piperidine rings is 1. The van der Waals surface area contributed by atoms with E-state index < -0.39 is 0 Å². The predicted molar refractivity (Wildman–Crippen MR) is 124 cm³/mol. The first-order valence-electron chi connectivity index (χ1n) is 11.5. The fraction of sp³-hybridized carbons (Fsp3) is 0.346. The Morgan fingerprint density at radius 1 is 1.03 bits per heavy atom. The van der Waals surface area contributed by atoms with Gasteiger partial charge in [0.05, 0.1) is 0 Å². The van der Waals surface area contributed by atoms with Crippen LogP contribution in [0.15, 0.2) is 67.1 Å². The molecule has 7 heteroatoms. The lowest BCUT2D eigenvalue weighted by Gasteiger charge is -2.38. The number of aromatic nitrogens is 2. The van der Waals surface area contributed by atoms with Gasteiger partial charge in [0, 0.05) is 68.5 Å². The fourth-order valence-electron chi connectivity index (χ4n) is 4.52. The normalized spacial score (nSPS) is 16.0. The number of nitrogens with zero attached hydrogens (tertiary/aromatic N) is 4. The molecule has 4 heterocycles. The number of ether oxygens (including phenoxy) is 2. The van der Waals surface area contributed by atoms with Crippen LogP contribution in [0.1, 0.15) is 34.5 Å². The first-order valence-corrected chi connectivity index (χ1v) is 11.5. The van der Waals surface area contributed by atoms with Gasteiger partial charge in [0.2, 0.25) is 6.79 Å². The van der Waals surface area contributed by atoms with Crippen molar-refractivity contribution in [1.29, 1.82) is 0 Å². The molecule has 1 amide bonds. The summed E-state index contributed by atoms with van der Waals surface area (Å²) in [5, 5.41) is 0. The van der Waals surface area contributed by atoms with Gasteiger partial charge in [-0.1, -0.05) is 12.1 Å². The molecule has 0 atom stereocenters. The number of carbonyl (C=O) groups excluding carboxylic acids is 1. The quantitative estimate of drug-likeness (QED) is 0.555. The zero-order chi connectivity index (χ0) is 22.5. The van der Waals surface area contributed by atoms with Crippen LogP contribution < -0.4 is 9.47 Å². The number of fused-ring (bicyclic) bond motifs is 1. The SMILES string of the molecule is O=C(c1ccc2c(c1)OCO2)N(Cc1cccnc1)C1CCN(CCc2ccccn2)CC1. The molecular weight excluding hydrogens is 416 g/mol. The van der Waals surface area contributed by atoms with Crippen LogP contribution in [0.2, 0.25) is 0 Å². The van der Waals surface area contributed by atoms with Gasteiger partial charge >= 0.3 is 0 Å². The summed E-state index contributed by atoms with van der Waals surface area (Å²) in [6, 6.07) is 15.6. The molecule has 7 nitrogen and oxygen atoms in total. The van der Waals surface area contributed by atoms with E-state index in [1.165, 1.54) is 0 Å². The van der Waals surface area contributed by atoms with E-state index in [0.29, 0.717) is 23.6 Å². The number of carbonyl (C=O) groups is 1. The van der Waals surface area contributed by atoms with Crippen molar-refractivity contribution in [3.05, 3.63) is 83.9 Å². The van der Waals surface area contributed by atoms with E-state index in [4.69, 9.17) is 9.47 Å². The zero-order valence-electron chi connectivity index (χ0n) is 18.6. The Morgan fingerprint density at radius 2 is 1.91 bits per heavy atom. The average Bonchev–Trinajstić information content (AvgIpc) is 3.35. The molecule has 2 aliphatic heterocycles. The summed E-state index contributed by atoms with van der Waals surface area (Å²) in [5.41, 5.74) is 2.78. The van der Waals surface area contributed by atoms with Gasteiger partial charge in [0.15, 0.2) is 11.5 Å². The highest BCUT2D eigenvalue weighted by Gasteiger charge is 2.29. The molecule has 33 heavy (non-hydrogen) atoms. The molecular formula is C26H28N4O3. The van der Waals surface area contributed by atoms with Crippen LogP contribution in [0.25, 0.3) is 0 Å². The molecule has 5 rings (SSSR count). The monoisotopic (exact) mass is 444 g/mol. The Hall–Kier alpha value is -3.45. The largest absolute Gasteiger partial charge is 0.454 e. The average molecular weight is 445 g/mol. The summed E-state index contributed by atoms with van der Waals surface area (Å²) in [7, 11) is 0. The van der Waals surface area contributed by atoms with Gasteiger partial charge in [0.25, 0.3) is 5.91 Å². The first kappa shape index (κ1) is 21.4. The molecule has 3 aromatic rings. The van der Waals surface area contributed by atoms with Gasteiger partial charge in [-0.3, -0.25) is 14.8 Å². The number of amides is 1. The highest BCUT2D eigenvalue weighted by atomic mass is 16.7. The number of hydrogen-bond acceptors (Lipinski definition) is 6. The van der Waals surface area contributed by atoms with Crippen molar-refractivity contribution in [2.24, 2.45) is 0 Å². The lowest BCUT2D eigenvalue weighted by molar-refractivity contribution is 0.0550. The molecule has 1 saturated heterocycles. The minimum Gasteiger partial charge on any atom is -0.454 e. The Balaban J connectivity index is 1.27. The summed E-state index contributed by atoms with van der Waals surface area (Å²) >= 11 is 0. The molecule has 0 bridgehead atoms. The predicted octanol–water partition coefficient (Wildman–Crippen LogP) is 3.55. The molecule has 1 fully saturated rings. The molecule has 1 aromatic carbocycles. The summed E-state index contributed by atoms with van der Waals surface area (Å²) < 4.78 is 10.9. The molecule has 0 radical (unpaired) electrons. The minimum absolute atomic E-state index is 0.0177. The second-order valence-electron chi connectivity index (χ2n) is 8.51. The van der Waals surface area contributed by atoms with Gasteiger partial charge in [-0.05, 0) is 54.8 Å². The van der Waals surface area contributed by atoms with Gasteiger partial charge in [-0.2, -0.15) is 0 Å². The third-order valence-corrected chi connectivity index (χ3v) is 6.36. The van der Waals surface area contributed by atoms with Gasteiger partial charge in [0.1, 0.15) is 0 Å². The smallest absolute Gasteiger partial charge is 0.254 e. The highest BCUT2D eigenvalue weighted by molar-refractivity contribution is 5.95. The molecule has 170 valence electrons. The Morgan fingerprint density at radius 3 is 2.70 bits per heavy atom. The third kappa shape index (κ3) is 5.14. The summed E-state index contributed by atoms with van der Waals surface area (Å²) in [6.45, 7) is 3.66. The minimum atomic E-state index is 0.0177. The topological polar surface area (TPSA) is 67.8 Å². The van der Waals surface area contributed by atoms with E-state index in [1.807, 2.05) is 53.7 Å². The van der Waals surface area contributed by atoms with E-state index in [0.717, 1.165) is 50.2 Å². The molecule has 0 N–H and O–H groups in total. The molecule has 0 unspecified atom stereocenters. The molecule has 0 aliphatic carbocycles. The van der Waals surface area contributed by atoms with E-state index in [-0.39, 0.29) is 18.7 Å². The second kappa shape index (κ2) is 10.0. The van der Waals surface area contributed by atoms with Crippen LogP contribution in [0.3, 0.4) is 0 Å². The number of likely N-dealkylation sites (tertiary alicyclic amines) is 1. The number of hydrogen-bond donors (Lipinski definition) is 0. The van der Waals surface area contributed by atoms with Crippen molar-refractivity contribution in [1.82, 2.24) is 19.8 Å². The molecule has 0 saturated carbocycles. The van der Waals surface area contributed by atoms with Crippen molar-refractivity contribution in [2.75, 3.05) is 26.4 Å². The van der Waals surface area contributed by atoms with E-state index >= 15 is 0 Å². The van der Waals surface area contributed by atoms with Crippen LogP contribution in [-0.4, -0.2) is 58.1 Å². The van der Waals surface area contributed by atoms with Gasteiger partial charge < -0.3 is 19.3 Å². The standard InChI is InChI=1S/C26H28N4O3/c31-26(21-6-7-24-25(16-21)33-19-32-24)30(18-20-4-3-11-27-17-20)23-9-14-29(15-10-23)13-8-22-5-1-2-12-28-22/h1-7,11-12,16-17,23H,8-10,13-15,18-19H2. The third-order valence-electron chi connectivity index (χ3n) is 6.36. The Labute approximate surface area is 194 Å². The first-order chi connectivity index (χ1) is 16.3.